The second-order valence-corrected chi connectivity index (χ2v) is 5.49. The van der Waals surface area contributed by atoms with Crippen molar-refractivity contribution in [2.24, 2.45) is 19.5 Å². The minimum Gasteiger partial charge on any atom is -0.396 e. The number of nitrogens with one attached hydrogen (secondary N) is 1. The fraction of sp³-hybridized carbons (Fsp3) is 0.692. The molecule has 1 fully saturated rings. The van der Waals surface area contributed by atoms with Crippen molar-refractivity contribution in [3.63, 3.8) is 0 Å². The molecule has 0 atom stereocenters. The highest BCUT2D eigenvalue weighted by atomic mass is 16.3. The summed E-state index contributed by atoms with van der Waals surface area (Å²) in [5, 5.41) is 12.3. The highest BCUT2D eigenvalue weighted by Gasteiger charge is 2.41. The molecule has 0 aliphatic heterocycles. The Morgan fingerprint density at radius 3 is 2.63 bits per heavy atom. The van der Waals surface area contributed by atoms with Crippen molar-refractivity contribution >= 4 is 0 Å². The van der Waals surface area contributed by atoms with E-state index in [0.29, 0.717) is 12.1 Å². The van der Waals surface area contributed by atoms with E-state index in [0.717, 1.165) is 30.4 Å². The number of hydrogen-bond donors (Lipinski definition) is 2. The summed E-state index contributed by atoms with van der Waals surface area (Å²) in [6.45, 7) is 1.47. The van der Waals surface area contributed by atoms with E-state index in [9.17, 15) is 9.59 Å². The van der Waals surface area contributed by atoms with Crippen molar-refractivity contribution in [1.82, 2.24) is 14.5 Å². The molecule has 0 unspecified atom stereocenters. The van der Waals surface area contributed by atoms with E-state index in [2.05, 4.69) is 5.32 Å². The molecule has 6 nitrogen and oxygen atoms in total. The SMILES string of the molecule is Cn1cc(CNCC2(CCO)CC2)c(=O)n(C)c1=O. The number of hydrogen-bond acceptors (Lipinski definition) is 4. The topological polar surface area (TPSA) is 76.3 Å². The molecule has 1 aliphatic rings. The standard InChI is InChI=1S/C13H21N3O3/c1-15-8-10(11(18)16(2)12(15)19)7-14-9-13(3-4-13)5-6-17/h8,14,17H,3-7,9H2,1-2H3. The Bertz CT molecular complexity index is 569. The van der Waals surface area contributed by atoms with Gasteiger partial charge in [-0.1, -0.05) is 0 Å². The molecule has 106 valence electrons. The van der Waals surface area contributed by atoms with Gasteiger partial charge in [0.05, 0.1) is 0 Å². The van der Waals surface area contributed by atoms with Gasteiger partial charge in [-0.3, -0.25) is 9.36 Å². The van der Waals surface area contributed by atoms with E-state index in [1.54, 1.807) is 13.2 Å². The third-order valence-corrected chi connectivity index (χ3v) is 3.93. The average molecular weight is 267 g/mol. The molecule has 1 saturated carbocycles. The first-order chi connectivity index (χ1) is 8.99. The lowest BCUT2D eigenvalue weighted by atomic mass is 10.0. The lowest BCUT2D eigenvalue weighted by Gasteiger charge is -2.14. The van der Waals surface area contributed by atoms with Crippen molar-refractivity contribution in [2.45, 2.75) is 25.8 Å². The molecule has 1 aromatic rings. The first-order valence-corrected chi connectivity index (χ1v) is 6.56. The molecular formula is C13H21N3O3. The van der Waals surface area contributed by atoms with E-state index in [-0.39, 0.29) is 23.3 Å². The van der Waals surface area contributed by atoms with Crippen molar-refractivity contribution in [3.8, 4) is 0 Å². The lowest BCUT2D eigenvalue weighted by Crippen LogP contribution is -2.40. The molecule has 2 N–H and O–H groups in total. The van der Waals surface area contributed by atoms with Crippen LogP contribution in [0.4, 0.5) is 0 Å². The third-order valence-electron chi connectivity index (χ3n) is 3.93. The first-order valence-electron chi connectivity index (χ1n) is 6.56. The number of aromatic nitrogens is 2. The molecule has 0 spiro atoms. The van der Waals surface area contributed by atoms with Gasteiger partial charge in [0.25, 0.3) is 5.56 Å². The van der Waals surface area contributed by atoms with Crippen LogP contribution in [0, 0.1) is 5.41 Å². The van der Waals surface area contributed by atoms with Gasteiger partial charge in [0.15, 0.2) is 0 Å². The van der Waals surface area contributed by atoms with Crippen LogP contribution in [-0.2, 0) is 20.6 Å². The molecule has 0 saturated heterocycles. The summed E-state index contributed by atoms with van der Waals surface area (Å²) in [6.07, 6.45) is 4.66. The third kappa shape index (κ3) is 2.96. The average Bonchev–Trinajstić information content (AvgIpc) is 3.13. The van der Waals surface area contributed by atoms with Crippen molar-refractivity contribution in [2.75, 3.05) is 13.2 Å². The van der Waals surface area contributed by atoms with Gasteiger partial charge in [0, 0.05) is 45.6 Å². The summed E-state index contributed by atoms with van der Waals surface area (Å²) in [5.41, 5.74) is 0.250. The molecule has 6 heteroatoms. The molecule has 0 radical (unpaired) electrons. The molecule has 1 heterocycles. The zero-order valence-corrected chi connectivity index (χ0v) is 11.5. The summed E-state index contributed by atoms with van der Waals surface area (Å²) >= 11 is 0. The van der Waals surface area contributed by atoms with E-state index in [1.807, 2.05) is 0 Å². The van der Waals surface area contributed by atoms with Gasteiger partial charge in [-0.2, -0.15) is 0 Å². The maximum atomic E-state index is 11.9. The van der Waals surface area contributed by atoms with Crippen LogP contribution in [-0.4, -0.2) is 27.4 Å². The quantitative estimate of drug-likeness (QED) is 0.717. The molecular weight excluding hydrogens is 246 g/mol. The van der Waals surface area contributed by atoms with Gasteiger partial charge in [-0.25, -0.2) is 4.79 Å². The summed E-state index contributed by atoms with van der Waals surface area (Å²) in [6, 6.07) is 0. The van der Waals surface area contributed by atoms with Crippen LogP contribution in [0.15, 0.2) is 15.8 Å². The predicted molar refractivity (Wildman–Crippen MR) is 72.0 cm³/mol. The fourth-order valence-electron chi connectivity index (χ4n) is 2.40. The Morgan fingerprint density at radius 2 is 2.05 bits per heavy atom. The van der Waals surface area contributed by atoms with E-state index in [1.165, 1.54) is 11.6 Å². The number of aliphatic hydroxyl groups excluding tert-OH is 1. The zero-order chi connectivity index (χ0) is 14.0. The van der Waals surface area contributed by atoms with Crippen LogP contribution in [0.25, 0.3) is 0 Å². The summed E-state index contributed by atoms with van der Waals surface area (Å²) in [5.74, 6) is 0. The van der Waals surface area contributed by atoms with E-state index >= 15 is 0 Å². The van der Waals surface area contributed by atoms with Crippen LogP contribution in [0.5, 0.6) is 0 Å². The molecule has 0 amide bonds. The first kappa shape index (κ1) is 14.0. The molecule has 1 aliphatic carbocycles. The molecule has 0 bridgehead atoms. The minimum atomic E-state index is -0.312. The monoisotopic (exact) mass is 267 g/mol. The second kappa shape index (κ2) is 5.30. The van der Waals surface area contributed by atoms with Gasteiger partial charge in [0.1, 0.15) is 0 Å². The predicted octanol–water partition coefficient (Wildman–Crippen LogP) is -0.664. The number of rotatable bonds is 6. The fourth-order valence-corrected chi connectivity index (χ4v) is 2.40. The Hall–Kier alpha value is -1.40. The number of aryl methyl sites for hydroxylation is 1. The number of nitrogens with zero attached hydrogens (tertiary/aromatic N) is 2. The van der Waals surface area contributed by atoms with Gasteiger partial charge in [-0.05, 0) is 24.7 Å². The van der Waals surface area contributed by atoms with Crippen LogP contribution in [0.1, 0.15) is 24.8 Å². The minimum absolute atomic E-state index is 0.212. The van der Waals surface area contributed by atoms with Crippen LogP contribution < -0.4 is 16.6 Å². The highest BCUT2D eigenvalue weighted by Crippen LogP contribution is 2.47. The smallest absolute Gasteiger partial charge is 0.330 e. The summed E-state index contributed by atoms with van der Waals surface area (Å²) in [4.78, 5) is 23.5. The largest absolute Gasteiger partial charge is 0.396 e. The molecule has 19 heavy (non-hydrogen) atoms. The van der Waals surface area contributed by atoms with Crippen molar-refractivity contribution in [3.05, 3.63) is 32.6 Å². The van der Waals surface area contributed by atoms with Crippen molar-refractivity contribution < 1.29 is 5.11 Å². The maximum absolute atomic E-state index is 11.9. The molecule has 1 aromatic heterocycles. The lowest BCUT2D eigenvalue weighted by molar-refractivity contribution is 0.245. The zero-order valence-electron chi connectivity index (χ0n) is 11.5. The Kier molecular flexibility index (Phi) is 3.91. The van der Waals surface area contributed by atoms with Gasteiger partial charge < -0.3 is 15.0 Å². The summed E-state index contributed by atoms with van der Waals surface area (Å²) < 4.78 is 2.54. The molecule has 0 aromatic carbocycles. The Labute approximate surface area is 111 Å². The van der Waals surface area contributed by atoms with E-state index < -0.39 is 0 Å². The number of aliphatic hydroxyl groups is 1. The van der Waals surface area contributed by atoms with Crippen LogP contribution >= 0.6 is 0 Å². The van der Waals surface area contributed by atoms with Gasteiger partial charge >= 0.3 is 5.69 Å². The maximum Gasteiger partial charge on any atom is 0.330 e. The van der Waals surface area contributed by atoms with Gasteiger partial charge in [0.2, 0.25) is 0 Å². The normalized spacial score (nSPS) is 16.6. The Morgan fingerprint density at radius 1 is 1.37 bits per heavy atom. The van der Waals surface area contributed by atoms with Crippen LogP contribution in [0.2, 0.25) is 0 Å². The van der Waals surface area contributed by atoms with Crippen molar-refractivity contribution in [1.29, 1.82) is 0 Å². The highest BCUT2D eigenvalue weighted by molar-refractivity contribution is 5.06. The van der Waals surface area contributed by atoms with Gasteiger partial charge in [-0.15, -0.1) is 0 Å². The molecule has 2 rings (SSSR count). The van der Waals surface area contributed by atoms with E-state index in [4.69, 9.17) is 5.11 Å². The second-order valence-electron chi connectivity index (χ2n) is 5.49. The van der Waals surface area contributed by atoms with Crippen LogP contribution in [0.3, 0.4) is 0 Å². The Balaban J connectivity index is 2.01. The summed E-state index contributed by atoms with van der Waals surface area (Å²) in [7, 11) is 3.13.